The molecule has 7 nitrogen and oxygen atoms in total. The SMILES string of the molecule is CN(CC(=O)N1CCC(C(=O)O)CC1)C(=O)c1c[nH]cc1-c1ccccc1. The normalized spacial score (nSPS) is 14.8. The zero-order chi connectivity index (χ0) is 19.4. The van der Waals surface area contributed by atoms with Crippen LogP contribution in [0.5, 0.6) is 0 Å². The Labute approximate surface area is 157 Å². The number of likely N-dealkylation sites (N-methyl/N-ethyl adjacent to an activating group) is 1. The Morgan fingerprint density at radius 3 is 2.44 bits per heavy atom. The van der Waals surface area contributed by atoms with Gasteiger partial charge in [-0.15, -0.1) is 0 Å². The van der Waals surface area contributed by atoms with E-state index in [0.717, 1.165) is 11.1 Å². The van der Waals surface area contributed by atoms with Gasteiger partial charge < -0.3 is 19.9 Å². The fourth-order valence-corrected chi connectivity index (χ4v) is 3.35. The van der Waals surface area contributed by atoms with Crippen molar-refractivity contribution in [3.05, 3.63) is 48.3 Å². The molecule has 1 fully saturated rings. The number of aliphatic carboxylic acids is 1. The second-order valence-corrected chi connectivity index (χ2v) is 6.80. The van der Waals surface area contributed by atoms with Gasteiger partial charge in [0.2, 0.25) is 5.91 Å². The number of hydrogen-bond acceptors (Lipinski definition) is 3. The monoisotopic (exact) mass is 369 g/mol. The highest BCUT2D eigenvalue weighted by Gasteiger charge is 2.28. The van der Waals surface area contributed by atoms with E-state index in [1.165, 1.54) is 4.90 Å². The molecule has 2 heterocycles. The van der Waals surface area contributed by atoms with Gasteiger partial charge >= 0.3 is 5.97 Å². The van der Waals surface area contributed by atoms with Gasteiger partial charge in [-0.3, -0.25) is 14.4 Å². The van der Waals surface area contributed by atoms with E-state index < -0.39 is 5.97 Å². The summed E-state index contributed by atoms with van der Waals surface area (Å²) in [5.74, 6) is -1.59. The first kappa shape index (κ1) is 18.7. The van der Waals surface area contributed by atoms with Crippen molar-refractivity contribution >= 4 is 17.8 Å². The Kier molecular flexibility index (Phi) is 5.59. The fourth-order valence-electron chi connectivity index (χ4n) is 3.35. The summed E-state index contributed by atoms with van der Waals surface area (Å²) in [6.45, 7) is 0.796. The van der Waals surface area contributed by atoms with Gasteiger partial charge in [0.25, 0.3) is 5.91 Å². The van der Waals surface area contributed by atoms with Crippen LogP contribution in [0.3, 0.4) is 0 Å². The fraction of sp³-hybridized carbons (Fsp3) is 0.350. The first-order chi connectivity index (χ1) is 13.0. The third kappa shape index (κ3) is 4.19. The van der Waals surface area contributed by atoms with Crippen molar-refractivity contribution in [1.29, 1.82) is 0 Å². The molecule has 0 saturated carbocycles. The van der Waals surface area contributed by atoms with Crippen LogP contribution in [0.1, 0.15) is 23.2 Å². The summed E-state index contributed by atoms with van der Waals surface area (Å²) in [5.41, 5.74) is 2.24. The Balaban J connectivity index is 1.63. The molecule has 0 spiro atoms. The number of carboxylic acid groups (broad SMARTS) is 1. The lowest BCUT2D eigenvalue weighted by atomic mass is 9.97. The number of amides is 2. The number of nitrogens with one attached hydrogen (secondary N) is 1. The third-order valence-electron chi connectivity index (χ3n) is 4.98. The molecular formula is C20H23N3O4. The van der Waals surface area contributed by atoms with Crippen LogP contribution < -0.4 is 0 Å². The van der Waals surface area contributed by atoms with Gasteiger partial charge in [0, 0.05) is 38.1 Å². The standard InChI is InChI=1S/C20H23N3O4/c1-22(13-18(24)23-9-7-15(8-10-23)20(26)27)19(25)17-12-21-11-16(17)14-5-3-2-4-6-14/h2-6,11-12,15,21H,7-10,13H2,1H3,(H,26,27). The lowest BCUT2D eigenvalue weighted by Crippen LogP contribution is -2.45. The van der Waals surface area contributed by atoms with Crippen LogP contribution in [0, 0.1) is 5.92 Å². The summed E-state index contributed by atoms with van der Waals surface area (Å²) in [6.07, 6.45) is 4.32. The van der Waals surface area contributed by atoms with Crippen molar-refractivity contribution < 1.29 is 19.5 Å². The molecule has 142 valence electrons. The average Bonchev–Trinajstić information content (AvgIpc) is 3.17. The van der Waals surface area contributed by atoms with Crippen molar-refractivity contribution in [3.8, 4) is 11.1 Å². The Hall–Kier alpha value is -3.09. The number of carbonyl (C=O) groups is 3. The maximum Gasteiger partial charge on any atom is 0.306 e. The van der Waals surface area contributed by atoms with E-state index in [0.29, 0.717) is 31.5 Å². The molecule has 27 heavy (non-hydrogen) atoms. The predicted molar refractivity (Wildman–Crippen MR) is 100 cm³/mol. The van der Waals surface area contributed by atoms with Crippen molar-refractivity contribution in [3.63, 3.8) is 0 Å². The van der Waals surface area contributed by atoms with Gasteiger partial charge in [-0.05, 0) is 18.4 Å². The molecule has 3 rings (SSSR count). The zero-order valence-corrected chi connectivity index (χ0v) is 15.2. The van der Waals surface area contributed by atoms with Gasteiger partial charge in [-0.25, -0.2) is 0 Å². The van der Waals surface area contributed by atoms with Gasteiger partial charge in [-0.2, -0.15) is 0 Å². The summed E-state index contributed by atoms with van der Waals surface area (Å²) < 4.78 is 0. The van der Waals surface area contributed by atoms with Gasteiger partial charge in [0.05, 0.1) is 18.0 Å². The van der Waals surface area contributed by atoms with Crippen LogP contribution in [0.4, 0.5) is 0 Å². The summed E-state index contributed by atoms with van der Waals surface area (Å²) in [5, 5.41) is 9.05. The number of H-pyrrole nitrogens is 1. The maximum atomic E-state index is 12.8. The smallest absolute Gasteiger partial charge is 0.306 e. The van der Waals surface area contributed by atoms with Crippen LogP contribution in [-0.4, -0.2) is 64.4 Å². The van der Waals surface area contributed by atoms with E-state index in [4.69, 9.17) is 5.11 Å². The van der Waals surface area contributed by atoms with E-state index in [2.05, 4.69) is 4.98 Å². The van der Waals surface area contributed by atoms with Crippen LogP contribution in [0.25, 0.3) is 11.1 Å². The van der Waals surface area contributed by atoms with E-state index in [1.807, 2.05) is 30.3 Å². The summed E-state index contributed by atoms with van der Waals surface area (Å²) in [4.78, 5) is 42.3. The number of carbonyl (C=O) groups excluding carboxylic acids is 2. The first-order valence-corrected chi connectivity index (χ1v) is 8.95. The minimum atomic E-state index is -0.810. The van der Waals surface area contributed by atoms with E-state index in [9.17, 15) is 14.4 Å². The van der Waals surface area contributed by atoms with Crippen LogP contribution in [0.2, 0.25) is 0 Å². The van der Waals surface area contributed by atoms with Gasteiger partial charge in [-0.1, -0.05) is 30.3 Å². The van der Waals surface area contributed by atoms with Gasteiger partial charge in [0.15, 0.2) is 0 Å². The van der Waals surface area contributed by atoms with Crippen molar-refractivity contribution in [2.24, 2.45) is 5.92 Å². The molecule has 0 bridgehead atoms. The molecular weight excluding hydrogens is 346 g/mol. The largest absolute Gasteiger partial charge is 0.481 e. The van der Waals surface area contributed by atoms with Crippen LogP contribution in [-0.2, 0) is 9.59 Å². The van der Waals surface area contributed by atoms with Crippen LogP contribution in [0.15, 0.2) is 42.7 Å². The predicted octanol–water partition coefficient (Wildman–Crippen LogP) is 2.08. The second kappa shape index (κ2) is 8.07. The Bertz CT molecular complexity index is 823. The molecule has 0 radical (unpaired) electrons. The molecule has 1 saturated heterocycles. The Morgan fingerprint density at radius 1 is 1.15 bits per heavy atom. The number of benzene rings is 1. The van der Waals surface area contributed by atoms with Crippen molar-refractivity contribution in [2.45, 2.75) is 12.8 Å². The highest BCUT2D eigenvalue weighted by Crippen LogP contribution is 2.24. The molecule has 7 heteroatoms. The number of piperidine rings is 1. The number of nitrogens with zero attached hydrogens (tertiary/aromatic N) is 2. The minimum Gasteiger partial charge on any atom is -0.481 e. The Morgan fingerprint density at radius 2 is 1.81 bits per heavy atom. The quantitative estimate of drug-likeness (QED) is 0.844. The molecule has 2 amide bonds. The zero-order valence-electron chi connectivity index (χ0n) is 15.2. The summed E-state index contributed by atoms with van der Waals surface area (Å²) in [7, 11) is 1.60. The van der Waals surface area contributed by atoms with E-state index in [-0.39, 0.29) is 24.3 Å². The van der Waals surface area contributed by atoms with Crippen molar-refractivity contribution in [1.82, 2.24) is 14.8 Å². The summed E-state index contributed by atoms with van der Waals surface area (Å²) >= 11 is 0. The molecule has 1 aromatic carbocycles. The molecule has 0 atom stereocenters. The topological polar surface area (TPSA) is 93.7 Å². The number of hydrogen-bond donors (Lipinski definition) is 2. The number of rotatable bonds is 5. The maximum absolute atomic E-state index is 12.8. The first-order valence-electron chi connectivity index (χ1n) is 8.95. The molecule has 2 aromatic rings. The summed E-state index contributed by atoms with van der Waals surface area (Å²) in [6, 6.07) is 9.58. The lowest BCUT2D eigenvalue weighted by Gasteiger charge is -2.31. The van der Waals surface area contributed by atoms with E-state index >= 15 is 0 Å². The second-order valence-electron chi connectivity index (χ2n) is 6.80. The highest BCUT2D eigenvalue weighted by atomic mass is 16.4. The van der Waals surface area contributed by atoms with E-state index in [1.54, 1.807) is 24.3 Å². The van der Waals surface area contributed by atoms with Crippen molar-refractivity contribution in [2.75, 3.05) is 26.7 Å². The number of aromatic nitrogens is 1. The molecule has 0 unspecified atom stereocenters. The average molecular weight is 369 g/mol. The third-order valence-corrected chi connectivity index (χ3v) is 4.98. The lowest BCUT2D eigenvalue weighted by molar-refractivity contribution is -0.145. The van der Waals surface area contributed by atoms with Crippen LogP contribution >= 0.6 is 0 Å². The molecule has 1 aromatic heterocycles. The molecule has 0 aliphatic carbocycles. The minimum absolute atomic E-state index is 0.0318. The van der Waals surface area contributed by atoms with Gasteiger partial charge in [0.1, 0.15) is 0 Å². The molecule has 2 N–H and O–H groups in total. The molecule has 1 aliphatic rings. The number of carboxylic acids is 1. The molecule has 1 aliphatic heterocycles. The number of likely N-dealkylation sites (tertiary alicyclic amines) is 1. The number of aromatic amines is 1. The highest BCUT2D eigenvalue weighted by molar-refractivity contribution is 6.02.